The van der Waals surface area contributed by atoms with E-state index in [0.717, 1.165) is 10.2 Å². The monoisotopic (exact) mass is 753 g/mol. The summed E-state index contributed by atoms with van der Waals surface area (Å²) in [6.07, 6.45) is 1.99. The van der Waals surface area contributed by atoms with E-state index in [-0.39, 0.29) is 0 Å². The lowest BCUT2D eigenvalue weighted by molar-refractivity contribution is 0.754. The van der Waals surface area contributed by atoms with Gasteiger partial charge in [0.2, 0.25) is 0 Å². The molecule has 1 aliphatic rings. The summed E-state index contributed by atoms with van der Waals surface area (Å²) in [5.41, 5.74) is 17.1. The summed E-state index contributed by atoms with van der Waals surface area (Å²) in [5, 5.41) is 4.87. The topological polar surface area (TPSA) is 12.9 Å². The van der Waals surface area contributed by atoms with Gasteiger partial charge in [0.25, 0.3) is 0 Å². The number of hydrogen-bond acceptors (Lipinski definition) is 1. The van der Waals surface area contributed by atoms with E-state index in [2.05, 4.69) is 205 Å². The Labute approximate surface area is 324 Å². The van der Waals surface area contributed by atoms with Crippen LogP contribution in [0.4, 0.5) is 0 Å². The Hall–Kier alpha value is -6.09. The molecule has 8 aromatic carbocycles. The third-order valence-corrected chi connectivity index (χ3v) is 12.0. The number of nitrogens with zero attached hydrogens (tertiary/aromatic N) is 1. The summed E-state index contributed by atoms with van der Waals surface area (Å²) < 4.78 is 0.827. The molecule has 1 nitrogen and oxygen atoms in total. The molecule has 0 fully saturated rings. The molecule has 0 radical (unpaired) electrons. The van der Waals surface area contributed by atoms with Crippen molar-refractivity contribution in [2.24, 2.45) is 0 Å². The van der Waals surface area contributed by atoms with Gasteiger partial charge in [-0.2, -0.15) is 0 Å². The Morgan fingerprint density at radius 3 is 1.59 bits per heavy atom. The first-order chi connectivity index (χ1) is 26.5. The van der Waals surface area contributed by atoms with Crippen molar-refractivity contribution >= 4 is 37.5 Å². The molecule has 0 saturated carbocycles. The Kier molecular flexibility index (Phi) is 7.71. The minimum atomic E-state index is -0.498. The van der Waals surface area contributed by atoms with Gasteiger partial charge in [0.05, 0.1) is 5.41 Å². The van der Waals surface area contributed by atoms with E-state index in [4.69, 9.17) is 0 Å². The van der Waals surface area contributed by atoms with Gasteiger partial charge in [-0.05, 0) is 142 Å². The SMILES string of the molecule is Cc1ccccc1C1(c2ccccc2C)c2ccccc2-c2ccc(-c3c4ccccc4c(-c4ccc(Br)nc4)c4ccc(-c5ccccc5)cc34)cc21. The summed E-state index contributed by atoms with van der Waals surface area (Å²) in [7, 11) is 0. The van der Waals surface area contributed by atoms with Crippen molar-refractivity contribution in [1.29, 1.82) is 0 Å². The number of rotatable bonds is 5. The molecule has 9 aromatic rings. The van der Waals surface area contributed by atoms with E-state index in [9.17, 15) is 0 Å². The lowest BCUT2D eigenvalue weighted by Gasteiger charge is -2.36. The molecule has 0 bridgehead atoms. The van der Waals surface area contributed by atoms with Gasteiger partial charge in [-0.15, -0.1) is 0 Å². The average molecular weight is 755 g/mol. The summed E-state index contributed by atoms with van der Waals surface area (Å²) in [6.45, 7) is 4.53. The van der Waals surface area contributed by atoms with Crippen molar-refractivity contribution in [3.63, 3.8) is 0 Å². The molecule has 256 valence electrons. The molecule has 2 heteroatoms. The molecule has 0 amide bonds. The number of benzene rings is 8. The molecular weight excluding hydrogens is 718 g/mol. The van der Waals surface area contributed by atoms with E-state index in [1.807, 2.05) is 12.3 Å². The predicted octanol–water partition coefficient (Wildman–Crippen LogP) is 14.1. The molecule has 0 N–H and O–H groups in total. The van der Waals surface area contributed by atoms with Crippen LogP contribution in [0.15, 0.2) is 187 Å². The second-order valence-corrected chi connectivity index (χ2v) is 15.3. The van der Waals surface area contributed by atoms with Gasteiger partial charge in [-0.1, -0.05) is 158 Å². The maximum Gasteiger partial charge on any atom is 0.106 e. The fourth-order valence-corrected chi connectivity index (χ4v) is 9.52. The molecular formula is C52H36BrN. The highest BCUT2D eigenvalue weighted by Crippen LogP contribution is 2.58. The van der Waals surface area contributed by atoms with Crippen molar-refractivity contribution < 1.29 is 0 Å². The van der Waals surface area contributed by atoms with Crippen LogP contribution in [0.5, 0.6) is 0 Å². The molecule has 1 aromatic heterocycles. The zero-order chi connectivity index (χ0) is 36.4. The van der Waals surface area contributed by atoms with Crippen molar-refractivity contribution in [1.82, 2.24) is 4.98 Å². The second-order valence-electron chi connectivity index (χ2n) is 14.5. The molecule has 10 rings (SSSR count). The van der Waals surface area contributed by atoms with Crippen LogP contribution in [0.3, 0.4) is 0 Å². The predicted molar refractivity (Wildman–Crippen MR) is 230 cm³/mol. The molecule has 0 unspecified atom stereocenters. The molecule has 1 heterocycles. The van der Waals surface area contributed by atoms with Crippen LogP contribution in [0.25, 0.3) is 66.1 Å². The third kappa shape index (κ3) is 4.87. The zero-order valence-electron chi connectivity index (χ0n) is 30.1. The van der Waals surface area contributed by atoms with Gasteiger partial charge in [0.15, 0.2) is 0 Å². The minimum Gasteiger partial charge on any atom is -0.249 e. The number of aromatic nitrogens is 1. The van der Waals surface area contributed by atoms with E-state index in [1.165, 1.54) is 93.9 Å². The first-order valence-electron chi connectivity index (χ1n) is 18.6. The van der Waals surface area contributed by atoms with E-state index >= 15 is 0 Å². The van der Waals surface area contributed by atoms with Crippen LogP contribution in [-0.4, -0.2) is 4.98 Å². The summed E-state index contributed by atoms with van der Waals surface area (Å²) >= 11 is 3.57. The zero-order valence-corrected chi connectivity index (χ0v) is 31.7. The first kappa shape index (κ1) is 32.6. The highest BCUT2D eigenvalue weighted by molar-refractivity contribution is 9.10. The van der Waals surface area contributed by atoms with Crippen LogP contribution in [0, 0.1) is 13.8 Å². The normalized spacial score (nSPS) is 12.9. The quantitative estimate of drug-likeness (QED) is 0.126. The Bertz CT molecular complexity index is 2860. The smallest absolute Gasteiger partial charge is 0.106 e. The number of aryl methyl sites for hydroxylation is 2. The van der Waals surface area contributed by atoms with E-state index < -0.39 is 5.41 Å². The fraction of sp³-hybridized carbons (Fsp3) is 0.0577. The summed E-state index contributed by atoms with van der Waals surface area (Å²) in [4.78, 5) is 4.68. The van der Waals surface area contributed by atoms with Gasteiger partial charge in [0, 0.05) is 11.8 Å². The Balaban J connectivity index is 1.35. The molecule has 54 heavy (non-hydrogen) atoms. The average Bonchev–Trinajstić information content (AvgIpc) is 3.51. The Morgan fingerprint density at radius 2 is 0.926 bits per heavy atom. The van der Waals surface area contributed by atoms with Crippen molar-refractivity contribution in [2.75, 3.05) is 0 Å². The van der Waals surface area contributed by atoms with Gasteiger partial charge in [-0.3, -0.25) is 0 Å². The van der Waals surface area contributed by atoms with Crippen LogP contribution in [0.1, 0.15) is 33.4 Å². The molecule has 0 saturated heterocycles. The van der Waals surface area contributed by atoms with Crippen LogP contribution < -0.4 is 0 Å². The lowest BCUT2D eigenvalue weighted by atomic mass is 9.65. The second kappa shape index (κ2) is 12.8. The largest absolute Gasteiger partial charge is 0.249 e. The van der Waals surface area contributed by atoms with Gasteiger partial charge < -0.3 is 0 Å². The fourth-order valence-electron chi connectivity index (χ4n) is 9.28. The standard InChI is InChI=1S/C52H36BrN/c1-33-14-6-11-21-45(33)52(46-22-12-7-15-34(46)2)47-23-13-10-18-39(47)40-27-25-37(31-48(40)52)50-41-19-8-9-20-42(41)51(38-26-29-49(53)54-32-38)43-28-24-36(30-44(43)50)35-16-4-3-5-17-35/h3-32H,1-2H3. The van der Waals surface area contributed by atoms with Crippen molar-refractivity contribution in [3.8, 4) is 44.5 Å². The number of halogens is 1. The number of hydrogen-bond donors (Lipinski definition) is 0. The highest BCUT2D eigenvalue weighted by Gasteiger charge is 2.47. The third-order valence-electron chi connectivity index (χ3n) is 11.6. The minimum absolute atomic E-state index is 0.498. The number of fused-ring (bicyclic) bond motifs is 5. The van der Waals surface area contributed by atoms with Gasteiger partial charge >= 0.3 is 0 Å². The van der Waals surface area contributed by atoms with Crippen LogP contribution in [-0.2, 0) is 5.41 Å². The van der Waals surface area contributed by atoms with Crippen molar-refractivity contribution in [3.05, 3.63) is 220 Å². The number of pyridine rings is 1. The molecule has 0 spiro atoms. The molecule has 0 atom stereocenters. The van der Waals surface area contributed by atoms with Crippen molar-refractivity contribution in [2.45, 2.75) is 19.3 Å². The maximum atomic E-state index is 4.68. The molecule has 1 aliphatic carbocycles. The van der Waals surface area contributed by atoms with Crippen LogP contribution in [0.2, 0.25) is 0 Å². The van der Waals surface area contributed by atoms with E-state index in [1.54, 1.807) is 0 Å². The van der Waals surface area contributed by atoms with Gasteiger partial charge in [0.1, 0.15) is 4.60 Å². The molecule has 0 aliphatic heterocycles. The summed E-state index contributed by atoms with van der Waals surface area (Å²) in [6, 6.07) is 65.1. The van der Waals surface area contributed by atoms with Crippen LogP contribution >= 0.6 is 15.9 Å². The lowest BCUT2D eigenvalue weighted by Crippen LogP contribution is -2.30. The van der Waals surface area contributed by atoms with Gasteiger partial charge in [-0.25, -0.2) is 4.98 Å². The van der Waals surface area contributed by atoms with E-state index in [0.29, 0.717) is 0 Å². The first-order valence-corrected chi connectivity index (χ1v) is 19.4. The highest BCUT2D eigenvalue weighted by atomic mass is 79.9. The summed E-state index contributed by atoms with van der Waals surface area (Å²) in [5.74, 6) is 0. The Morgan fingerprint density at radius 1 is 0.389 bits per heavy atom. The maximum absolute atomic E-state index is 4.68.